The molecule has 16 heavy (non-hydrogen) atoms. The summed E-state index contributed by atoms with van der Waals surface area (Å²) in [6.07, 6.45) is 0.320. The van der Waals surface area contributed by atoms with Gasteiger partial charge in [-0.1, -0.05) is 12.1 Å². The van der Waals surface area contributed by atoms with Crippen molar-refractivity contribution in [2.45, 2.75) is 26.1 Å². The Kier molecular flexibility index (Phi) is 3.21. The van der Waals surface area contributed by atoms with Gasteiger partial charge in [-0.3, -0.25) is 0 Å². The number of rotatable bonds is 2. The van der Waals surface area contributed by atoms with Gasteiger partial charge < -0.3 is 14.2 Å². The van der Waals surface area contributed by atoms with E-state index in [9.17, 15) is 0 Å². The molecular formula is C12H18BNO2. The summed E-state index contributed by atoms with van der Waals surface area (Å²) in [6, 6.07) is 8.26. The molecule has 0 N–H and O–H groups in total. The molecule has 1 aromatic rings. The minimum absolute atomic E-state index is 0.160. The molecule has 0 amide bonds. The second kappa shape index (κ2) is 4.48. The topological polar surface area (TPSA) is 21.7 Å². The van der Waals surface area contributed by atoms with Crippen LogP contribution < -0.4 is 10.4 Å². The van der Waals surface area contributed by atoms with Crippen molar-refractivity contribution in [1.82, 2.24) is 0 Å². The van der Waals surface area contributed by atoms with Crippen LogP contribution in [0.15, 0.2) is 24.3 Å². The van der Waals surface area contributed by atoms with Crippen LogP contribution in [0.5, 0.6) is 0 Å². The Hall–Kier alpha value is -0.995. The molecule has 1 aliphatic heterocycles. The second-order valence-electron chi connectivity index (χ2n) is 4.50. The highest BCUT2D eigenvalue weighted by molar-refractivity contribution is 6.62. The Morgan fingerprint density at radius 2 is 1.75 bits per heavy atom. The van der Waals surface area contributed by atoms with E-state index in [1.165, 1.54) is 0 Å². The number of benzene rings is 1. The molecule has 0 spiro atoms. The minimum Gasteiger partial charge on any atom is -0.402 e. The zero-order valence-corrected chi connectivity index (χ0v) is 10.3. The van der Waals surface area contributed by atoms with Gasteiger partial charge in [-0.15, -0.1) is 0 Å². The molecule has 3 nitrogen and oxygen atoms in total. The first-order valence-electron chi connectivity index (χ1n) is 5.66. The van der Waals surface area contributed by atoms with Crippen LogP contribution in [0.3, 0.4) is 0 Å². The molecule has 1 saturated heterocycles. The van der Waals surface area contributed by atoms with Crippen molar-refractivity contribution in [3.63, 3.8) is 0 Å². The Bertz CT molecular complexity index is 360. The van der Waals surface area contributed by atoms with Crippen LogP contribution in [-0.2, 0) is 9.31 Å². The van der Waals surface area contributed by atoms with Crippen molar-refractivity contribution in [2.75, 3.05) is 19.0 Å². The van der Waals surface area contributed by atoms with Gasteiger partial charge in [0.2, 0.25) is 0 Å². The van der Waals surface area contributed by atoms with Crippen LogP contribution in [0.2, 0.25) is 0 Å². The van der Waals surface area contributed by atoms with E-state index >= 15 is 0 Å². The van der Waals surface area contributed by atoms with Gasteiger partial charge in [-0.2, -0.15) is 0 Å². The molecule has 1 fully saturated rings. The van der Waals surface area contributed by atoms with Crippen LogP contribution >= 0.6 is 0 Å². The lowest BCUT2D eigenvalue weighted by Gasteiger charge is -2.14. The van der Waals surface area contributed by atoms with E-state index in [4.69, 9.17) is 9.31 Å². The highest BCUT2D eigenvalue weighted by Gasteiger charge is 2.35. The average Bonchev–Trinajstić information content (AvgIpc) is 2.59. The number of hydrogen-bond donors (Lipinski definition) is 0. The molecule has 0 saturated carbocycles. The Balaban J connectivity index is 2.18. The van der Waals surface area contributed by atoms with Crippen LogP contribution in [0, 0.1) is 0 Å². The van der Waals surface area contributed by atoms with Crippen molar-refractivity contribution in [3.05, 3.63) is 24.3 Å². The van der Waals surface area contributed by atoms with Gasteiger partial charge in [0.1, 0.15) is 0 Å². The first-order valence-corrected chi connectivity index (χ1v) is 5.66. The molecule has 2 atom stereocenters. The molecule has 1 aliphatic rings. The van der Waals surface area contributed by atoms with Crippen LogP contribution in [0.1, 0.15) is 13.8 Å². The zero-order chi connectivity index (χ0) is 11.7. The summed E-state index contributed by atoms with van der Waals surface area (Å²) in [5.74, 6) is 0. The fraction of sp³-hybridized carbons (Fsp3) is 0.500. The molecule has 2 unspecified atom stereocenters. The summed E-state index contributed by atoms with van der Waals surface area (Å²) < 4.78 is 11.5. The maximum Gasteiger partial charge on any atom is 0.494 e. The molecule has 1 aromatic carbocycles. The Morgan fingerprint density at radius 3 is 2.31 bits per heavy atom. The van der Waals surface area contributed by atoms with Crippen molar-refractivity contribution in [2.24, 2.45) is 0 Å². The lowest BCUT2D eigenvalue weighted by Crippen LogP contribution is -2.33. The van der Waals surface area contributed by atoms with E-state index < -0.39 is 0 Å². The highest BCUT2D eigenvalue weighted by Crippen LogP contribution is 2.17. The van der Waals surface area contributed by atoms with Gasteiger partial charge in [-0.25, -0.2) is 0 Å². The van der Waals surface area contributed by atoms with E-state index in [1.807, 2.05) is 40.1 Å². The molecule has 1 heterocycles. The number of nitrogens with zero attached hydrogens (tertiary/aromatic N) is 1. The monoisotopic (exact) mass is 219 g/mol. The van der Waals surface area contributed by atoms with Crippen LogP contribution in [0.4, 0.5) is 5.69 Å². The fourth-order valence-electron chi connectivity index (χ4n) is 1.75. The van der Waals surface area contributed by atoms with E-state index in [0.717, 1.165) is 11.2 Å². The van der Waals surface area contributed by atoms with E-state index in [0.29, 0.717) is 0 Å². The van der Waals surface area contributed by atoms with Crippen molar-refractivity contribution >= 4 is 18.3 Å². The maximum atomic E-state index is 5.75. The molecule has 0 aromatic heterocycles. The summed E-state index contributed by atoms with van der Waals surface area (Å²) in [5.41, 5.74) is 2.25. The van der Waals surface area contributed by atoms with Gasteiger partial charge in [-0.05, 0) is 31.4 Å². The third kappa shape index (κ3) is 2.23. The van der Waals surface area contributed by atoms with Gasteiger partial charge in [0.15, 0.2) is 0 Å². The van der Waals surface area contributed by atoms with Crippen LogP contribution in [0.25, 0.3) is 0 Å². The molecule has 0 aliphatic carbocycles. The molecular weight excluding hydrogens is 201 g/mol. The summed E-state index contributed by atoms with van der Waals surface area (Å²) in [4.78, 5) is 2.07. The predicted octanol–water partition coefficient (Wildman–Crippen LogP) is 1.27. The van der Waals surface area contributed by atoms with Crippen molar-refractivity contribution in [3.8, 4) is 0 Å². The molecule has 86 valence electrons. The predicted molar refractivity (Wildman–Crippen MR) is 67.3 cm³/mol. The van der Waals surface area contributed by atoms with Gasteiger partial charge in [0, 0.05) is 19.8 Å². The largest absolute Gasteiger partial charge is 0.494 e. The summed E-state index contributed by atoms with van der Waals surface area (Å²) >= 11 is 0. The van der Waals surface area contributed by atoms with Gasteiger partial charge in [0.25, 0.3) is 0 Å². The molecule has 4 heteroatoms. The van der Waals surface area contributed by atoms with Gasteiger partial charge in [0.05, 0.1) is 12.2 Å². The average molecular weight is 219 g/mol. The summed E-state index contributed by atoms with van der Waals surface area (Å²) in [7, 11) is 3.84. The Labute approximate surface area is 97.5 Å². The molecule has 0 radical (unpaired) electrons. The fourth-order valence-corrected chi connectivity index (χ4v) is 1.75. The minimum atomic E-state index is -0.218. The summed E-state index contributed by atoms with van der Waals surface area (Å²) in [6.45, 7) is 4.08. The third-order valence-corrected chi connectivity index (χ3v) is 3.00. The highest BCUT2D eigenvalue weighted by atomic mass is 16.7. The van der Waals surface area contributed by atoms with Crippen LogP contribution in [-0.4, -0.2) is 33.4 Å². The number of hydrogen-bond acceptors (Lipinski definition) is 3. The van der Waals surface area contributed by atoms with Gasteiger partial charge >= 0.3 is 7.12 Å². The lowest BCUT2D eigenvalue weighted by atomic mass is 9.79. The normalized spacial score (nSPS) is 24.9. The number of anilines is 1. The maximum absolute atomic E-state index is 5.75. The van der Waals surface area contributed by atoms with Crippen molar-refractivity contribution < 1.29 is 9.31 Å². The Morgan fingerprint density at radius 1 is 1.12 bits per heavy atom. The van der Waals surface area contributed by atoms with E-state index in [-0.39, 0.29) is 19.3 Å². The standard InChI is InChI=1S/C12H18BNO2/c1-9-10(2)16-13(15-9)11-6-5-7-12(8-11)14(3)4/h5-10H,1-4H3. The second-order valence-corrected chi connectivity index (χ2v) is 4.50. The zero-order valence-electron chi connectivity index (χ0n) is 10.3. The SMILES string of the molecule is CC1OB(c2cccc(N(C)C)c2)OC1C. The smallest absolute Gasteiger partial charge is 0.402 e. The van der Waals surface area contributed by atoms with Crippen molar-refractivity contribution in [1.29, 1.82) is 0 Å². The van der Waals surface area contributed by atoms with E-state index in [2.05, 4.69) is 17.0 Å². The quantitative estimate of drug-likeness (QED) is 0.699. The first-order chi connectivity index (χ1) is 7.58. The first kappa shape index (κ1) is 11.5. The lowest BCUT2D eigenvalue weighted by molar-refractivity contribution is 0.187. The third-order valence-electron chi connectivity index (χ3n) is 3.00. The molecule has 0 bridgehead atoms. The molecule has 2 rings (SSSR count). The van der Waals surface area contributed by atoms with E-state index in [1.54, 1.807) is 0 Å². The summed E-state index contributed by atoms with van der Waals surface area (Å²) in [5, 5.41) is 0.